The van der Waals surface area contributed by atoms with E-state index >= 15 is 0 Å². The predicted molar refractivity (Wildman–Crippen MR) is 85.0 cm³/mol. The van der Waals surface area contributed by atoms with Crippen LogP contribution in [0.25, 0.3) is 0 Å². The lowest BCUT2D eigenvalue weighted by atomic mass is 9.94. The van der Waals surface area contributed by atoms with Gasteiger partial charge in [-0.3, -0.25) is 0 Å². The van der Waals surface area contributed by atoms with Crippen molar-refractivity contribution in [1.29, 1.82) is 0 Å². The van der Waals surface area contributed by atoms with E-state index in [1.807, 2.05) is 31.2 Å². The highest BCUT2D eigenvalue weighted by atomic mass is 32.2. The summed E-state index contributed by atoms with van der Waals surface area (Å²) in [6.45, 7) is 2.36. The fourth-order valence-corrected chi connectivity index (χ4v) is 4.60. The maximum Gasteiger partial charge on any atom is 0.151 e. The Kier molecular flexibility index (Phi) is 5.41. The van der Waals surface area contributed by atoms with E-state index in [1.165, 1.54) is 6.26 Å². The highest BCUT2D eigenvalue weighted by molar-refractivity contribution is 7.91. The smallest absolute Gasteiger partial charge is 0.151 e. The summed E-state index contributed by atoms with van der Waals surface area (Å²) in [5, 5.41) is 13.3. The minimum absolute atomic E-state index is 0.0487. The van der Waals surface area contributed by atoms with E-state index in [0.717, 1.165) is 36.8 Å². The Morgan fingerprint density at radius 2 is 1.95 bits per heavy atom. The quantitative estimate of drug-likeness (QED) is 0.872. The van der Waals surface area contributed by atoms with Crippen molar-refractivity contribution in [3.05, 3.63) is 35.4 Å². The molecule has 0 bridgehead atoms. The van der Waals surface area contributed by atoms with Gasteiger partial charge < -0.3 is 10.4 Å². The van der Waals surface area contributed by atoms with Crippen LogP contribution in [0, 0.1) is 6.92 Å². The Hall–Kier alpha value is -0.910. The zero-order valence-electron chi connectivity index (χ0n) is 12.7. The summed E-state index contributed by atoms with van der Waals surface area (Å²) in [5.41, 5.74) is 1.95. The summed E-state index contributed by atoms with van der Waals surface area (Å²) in [4.78, 5) is 0. The molecule has 3 unspecified atom stereocenters. The molecular formula is C16H25NO3S. The van der Waals surface area contributed by atoms with Crippen molar-refractivity contribution in [3.8, 4) is 0 Å². The lowest BCUT2D eigenvalue weighted by molar-refractivity contribution is 0.165. The number of nitrogens with one attached hydrogen (secondary N) is 1. The molecule has 4 nitrogen and oxygen atoms in total. The van der Waals surface area contributed by atoms with Crippen molar-refractivity contribution in [2.45, 2.75) is 50.0 Å². The summed E-state index contributed by atoms with van der Waals surface area (Å²) in [5.74, 6) is 0. The number of aliphatic hydroxyl groups is 1. The number of hydrogen-bond donors (Lipinski definition) is 2. The standard InChI is InChI=1S/C16H25NO3S/c1-12-7-3-4-8-13(12)15(18)11-17-14-9-5-6-10-16(14)21(2,19)20/h3-4,7-8,14-18H,5-6,9-11H2,1-2H3. The maximum absolute atomic E-state index is 11.9. The molecule has 0 spiro atoms. The molecule has 3 atom stereocenters. The van der Waals surface area contributed by atoms with E-state index in [9.17, 15) is 13.5 Å². The summed E-state index contributed by atoms with van der Waals surface area (Å²) < 4.78 is 23.7. The molecule has 1 aromatic carbocycles. The van der Waals surface area contributed by atoms with Crippen molar-refractivity contribution in [1.82, 2.24) is 5.32 Å². The highest BCUT2D eigenvalue weighted by Gasteiger charge is 2.32. The maximum atomic E-state index is 11.9. The van der Waals surface area contributed by atoms with E-state index in [0.29, 0.717) is 6.54 Å². The van der Waals surface area contributed by atoms with Crippen LogP contribution >= 0.6 is 0 Å². The number of aliphatic hydroxyl groups excluding tert-OH is 1. The van der Waals surface area contributed by atoms with Gasteiger partial charge >= 0.3 is 0 Å². The van der Waals surface area contributed by atoms with Crippen LogP contribution in [0.5, 0.6) is 0 Å². The third-order valence-electron chi connectivity index (χ3n) is 4.37. The molecule has 2 rings (SSSR count). The van der Waals surface area contributed by atoms with Crippen LogP contribution in [-0.4, -0.2) is 37.6 Å². The molecule has 0 aliphatic heterocycles. The topological polar surface area (TPSA) is 66.4 Å². The molecule has 1 aliphatic rings. The van der Waals surface area contributed by atoms with Crippen LogP contribution in [-0.2, 0) is 9.84 Å². The Balaban J connectivity index is 1.99. The molecule has 2 N–H and O–H groups in total. The van der Waals surface area contributed by atoms with Crippen LogP contribution in [0.2, 0.25) is 0 Å². The molecule has 21 heavy (non-hydrogen) atoms. The largest absolute Gasteiger partial charge is 0.387 e. The van der Waals surface area contributed by atoms with E-state index in [2.05, 4.69) is 5.32 Å². The zero-order chi connectivity index (χ0) is 15.5. The molecule has 1 fully saturated rings. The van der Waals surface area contributed by atoms with E-state index in [-0.39, 0.29) is 11.3 Å². The third-order valence-corrected chi connectivity index (χ3v) is 6.04. The number of rotatable bonds is 5. The monoisotopic (exact) mass is 311 g/mol. The van der Waals surface area contributed by atoms with Crippen LogP contribution in [0.1, 0.15) is 42.9 Å². The van der Waals surface area contributed by atoms with E-state index < -0.39 is 15.9 Å². The molecule has 1 saturated carbocycles. The van der Waals surface area contributed by atoms with E-state index in [1.54, 1.807) is 0 Å². The summed E-state index contributed by atoms with van der Waals surface area (Å²) in [6, 6.07) is 7.69. The lowest BCUT2D eigenvalue weighted by Crippen LogP contribution is -2.47. The first-order chi connectivity index (χ1) is 9.89. The second kappa shape index (κ2) is 6.90. The van der Waals surface area contributed by atoms with Crippen LogP contribution in [0.15, 0.2) is 24.3 Å². The second-order valence-corrected chi connectivity index (χ2v) is 8.30. The average molecular weight is 311 g/mol. The molecule has 1 aromatic rings. The van der Waals surface area contributed by atoms with Gasteiger partial charge in [-0.05, 0) is 30.9 Å². The van der Waals surface area contributed by atoms with Crippen LogP contribution in [0.4, 0.5) is 0 Å². The molecule has 0 amide bonds. The molecule has 118 valence electrons. The number of hydrogen-bond acceptors (Lipinski definition) is 4. The molecule has 1 aliphatic carbocycles. The highest BCUT2D eigenvalue weighted by Crippen LogP contribution is 2.25. The predicted octanol–water partition coefficient (Wildman–Crippen LogP) is 1.97. The molecule has 0 aromatic heterocycles. The molecule has 0 saturated heterocycles. The Bertz CT molecular complexity index is 571. The van der Waals surface area contributed by atoms with Gasteiger partial charge in [0.1, 0.15) is 0 Å². The normalized spacial score (nSPS) is 24.7. The zero-order valence-corrected chi connectivity index (χ0v) is 13.6. The van der Waals surface area contributed by atoms with Gasteiger partial charge in [0.2, 0.25) is 0 Å². The molecule has 0 heterocycles. The van der Waals surface area contributed by atoms with Crippen LogP contribution < -0.4 is 5.32 Å². The van der Waals surface area contributed by atoms with Gasteiger partial charge in [0.05, 0.1) is 11.4 Å². The number of aryl methyl sites for hydroxylation is 1. The first kappa shape index (κ1) is 16.5. The SMILES string of the molecule is Cc1ccccc1C(O)CNC1CCCCC1S(C)(=O)=O. The van der Waals surface area contributed by atoms with Gasteiger partial charge in [0.15, 0.2) is 9.84 Å². The fraction of sp³-hybridized carbons (Fsp3) is 0.625. The van der Waals surface area contributed by atoms with Gasteiger partial charge in [0, 0.05) is 18.8 Å². The Morgan fingerprint density at radius 3 is 2.62 bits per heavy atom. The molecule has 5 heteroatoms. The second-order valence-electron chi connectivity index (χ2n) is 6.04. The van der Waals surface area contributed by atoms with Gasteiger partial charge in [-0.1, -0.05) is 37.1 Å². The van der Waals surface area contributed by atoms with E-state index in [4.69, 9.17) is 0 Å². The lowest BCUT2D eigenvalue weighted by Gasteiger charge is -2.31. The summed E-state index contributed by atoms with van der Waals surface area (Å²) in [7, 11) is -3.04. The fourth-order valence-electron chi connectivity index (χ4n) is 3.18. The minimum atomic E-state index is -3.04. The first-order valence-electron chi connectivity index (χ1n) is 7.55. The van der Waals surface area contributed by atoms with Gasteiger partial charge in [0.25, 0.3) is 0 Å². The van der Waals surface area contributed by atoms with Crippen molar-refractivity contribution < 1.29 is 13.5 Å². The summed E-state index contributed by atoms with van der Waals surface area (Å²) >= 11 is 0. The number of sulfone groups is 1. The van der Waals surface area contributed by atoms with Gasteiger partial charge in [-0.2, -0.15) is 0 Å². The summed E-state index contributed by atoms with van der Waals surface area (Å²) in [6.07, 6.45) is 4.30. The third kappa shape index (κ3) is 4.28. The Morgan fingerprint density at radius 1 is 1.29 bits per heavy atom. The van der Waals surface area contributed by atoms with Crippen LogP contribution in [0.3, 0.4) is 0 Å². The van der Waals surface area contributed by atoms with Gasteiger partial charge in [-0.15, -0.1) is 0 Å². The minimum Gasteiger partial charge on any atom is -0.387 e. The van der Waals surface area contributed by atoms with Crippen molar-refractivity contribution >= 4 is 9.84 Å². The molecule has 0 radical (unpaired) electrons. The average Bonchev–Trinajstić information content (AvgIpc) is 2.44. The van der Waals surface area contributed by atoms with Crippen molar-refractivity contribution in [2.75, 3.05) is 12.8 Å². The molecular weight excluding hydrogens is 286 g/mol. The van der Waals surface area contributed by atoms with Gasteiger partial charge in [-0.25, -0.2) is 8.42 Å². The Labute approximate surface area is 127 Å². The van der Waals surface area contributed by atoms with Crippen molar-refractivity contribution in [2.24, 2.45) is 0 Å². The first-order valence-corrected chi connectivity index (χ1v) is 9.51. The number of benzene rings is 1. The van der Waals surface area contributed by atoms with Crippen molar-refractivity contribution in [3.63, 3.8) is 0 Å².